The molecule has 0 aromatic rings. The Morgan fingerprint density at radius 3 is 2.47 bits per heavy atom. The van der Waals surface area contributed by atoms with Crippen LogP contribution in [0.5, 0.6) is 0 Å². The number of likely N-dealkylation sites (tertiary alicyclic amines) is 1. The van der Waals surface area contributed by atoms with Gasteiger partial charge in [-0.2, -0.15) is 0 Å². The van der Waals surface area contributed by atoms with Gasteiger partial charge in [0.2, 0.25) is 0 Å². The standard InChI is InChI=1S/C15H28N2O2/c1-14(2,3)19-13(18)17-11-7-5-9-15(12-17)8-4-6-10-16-15/h16H,4-12H2,1-3H3. The molecule has 19 heavy (non-hydrogen) atoms. The van der Waals surface area contributed by atoms with E-state index < -0.39 is 5.60 Å². The van der Waals surface area contributed by atoms with Gasteiger partial charge in [-0.25, -0.2) is 4.79 Å². The van der Waals surface area contributed by atoms with Gasteiger partial charge < -0.3 is 15.0 Å². The van der Waals surface area contributed by atoms with Crippen molar-refractivity contribution in [3.8, 4) is 0 Å². The number of carbonyl (C=O) groups is 1. The van der Waals surface area contributed by atoms with Crippen LogP contribution < -0.4 is 5.32 Å². The van der Waals surface area contributed by atoms with Crippen molar-refractivity contribution in [1.82, 2.24) is 10.2 Å². The third-order valence-corrected chi connectivity index (χ3v) is 4.06. The third kappa shape index (κ3) is 4.10. The van der Waals surface area contributed by atoms with Gasteiger partial charge in [-0.3, -0.25) is 0 Å². The maximum absolute atomic E-state index is 12.3. The van der Waals surface area contributed by atoms with E-state index in [4.69, 9.17) is 4.74 Å². The highest BCUT2D eigenvalue weighted by Crippen LogP contribution is 2.29. The minimum Gasteiger partial charge on any atom is -0.444 e. The fourth-order valence-electron chi connectivity index (χ4n) is 3.15. The highest BCUT2D eigenvalue weighted by Gasteiger charge is 2.37. The summed E-state index contributed by atoms with van der Waals surface area (Å²) in [6.07, 6.45) is 7.04. The van der Waals surface area contributed by atoms with E-state index in [1.165, 1.54) is 32.1 Å². The molecule has 1 atom stereocenters. The van der Waals surface area contributed by atoms with E-state index in [-0.39, 0.29) is 11.6 Å². The van der Waals surface area contributed by atoms with Gasteiger partial charge in [0.25, 0.3) is 0 Å². The van der Waals surface area contributed by atoms with Crippen molar-refractivity contribution in [2.45, 2.75) is 70.4 Å². The molecule has 0 aromatic carbocycles. The molecule has 1 unspecified atom stereocenters. The van der Waals surface area contributed by atoms with Gasteiger partial charge in [0.15, 0.2) is 0 Å². The van der Waals surface area contributed by atoms with Crippen LogP contribution in [-0.2, 0) is 4.74 Å². The van der Waals surface area contributed by atoms with Gasteiger partial charge >= 0.3 is 6.09 Å². The molecule has 2 aliphatic heterocycles. The summed E-state index contributed by atoms with van der Waals surface area (Å²) in [5.74, 6) is 0. The van der Waals surface area contributed by atoms with Crippen LogP contribution in [0.4, 0.5) is 4.79 Å². The third-order valence-electron chi connectivity index (χ3n) is 4.06. The van der Waals surface area contributed by atoms with E-state index in [9.17, 15) is 4.79 Å². The Balaban J connectivity index is 2.01. The lowest BCUT2D eigenvalue weighted by atomic mass is 9.85. The van der Waals surface area contributed by atoms with Crippen molar-refractivity contribution < 1.29 is 9.53 Å². The molecule has 0 bridgehead atoms. The highest BCUT2D eigenvalue weighted by atomic mass is 16.6. The molecule has 1 N–H and O–H groups in total. The lowest BCUT2D eigenvalue weighted by Crippen LogP contribution is -2.56. The zero-order valence-electron chi connectivity index (χ0n) is 12.6. The number of piperidine rings is 1. The topological polar surface area (TPSA) is 41.6 Å². The molecule has 2 aliphatic rings. The Kier molecular flexibility index (Phi) is 4.39. The molecular formula is C15H28N2O2. The fraction of sp³-hybridized carbons (Fsp3) is 0.933. The Morgan fingerprint density at radius 1 is 1.16 bits per heavy atom. The number of rotatable bonds is 0. The van der Waals surface area contributed by atoms with Crippen LogP contribution in [0, 0.1) is 0 Å². The minimum absolute atomic E-state index is 0.144. The summed E-state index contributed by atoms with van der Waals surface area (Å²) in [6, 6.07) is 0. The molecule has 2 rings (SSSR count). The Labute approximate surface area is 116 Å². The second kappa shape index (κ2) is 5.70. The Hall–Kier alpha value is -0.770. The van der Waals surface area contributed by atoms with Crippen molar-refractivity contribution >= 4 is 6.09 Å². The molecule has 1 amide bonds. The van der Waals surface area contributed by atoms with Crippen LogP contribution >= 0.6 is 0 Å². The highest BCUT2D eigenvalue weighted by molar-refractivity contribution is 5.68. The number of nitrogens with one attached hydrogen (secondary N) is 1. The average molecular weight is 268 g/mol. The molecule has 2 fully saturated rings. The summed E-state index contributed by atoms with van der Waals surface area (Å²) >= 11 is 0. The van der Waals surface area contributed by atoms with E-state index in [0.29, 0.717) is 0 Å². The predicted octanol–water partition coefficient (Wildman–Crippen LogP) is 2.92. The molecule has 0 aromatic heterocycles. The molecule has 0 saturated carbocycles. The van der Waals surface area contributed by atoms with E-state index in [1.54, 1.807) is 0 Å². The summed E-state index contributed by atoms with van der Waals surface area (Å²) in [7, 11) is 0. The summed E-state index contributed by atoms with van der Waals surface area (Å²) in [5, 5.41) is 3.67. The van der Waals surface area contributed by atoms with Gasteiger partial charge in [0, 0.05) is 18.6 Å². The van der Waals surface area contributed by atoms with Crippen molar-refractivity contribution in [2.75, 3.05) is 19.6 Å². The molecule has 110 valence electrons. The quantitative estimate of drug-likeness (QED) is 0.734. The van der Waals surface area contributed by atoms with E-state index in [2.05, 4.69) is 5.32 Å². The summed E-state index contributed by atoms with van der Waals surface area (Å²) in [6.45, 7) is 8.51. The van der Waals surface area contributed by atoms with E-state index in [0.717, 1.165) is 26.1 Å². The van der Waals surface area contributed by atoms with Crippen LogP contribution in [0.3, 0.4) is 0 Å². The predicted molar refractivity (Wildman–Crippen MR) is 76.2 cm³/mol. The SMILES string of the molecule is CC(C)(C)OC(=O)N1CCCCC2(CCCCN2)C1. The average Bonchev–Trinajstić information content (AvgIpc) is 2.51. The van der Waals surface area contributed by atoms with Gasteiger partial charge in [0.05, 0.1) is 0 Å². The van der Waals surface area contributed by atoms with E-state index >= 15 is 0 Å². The molecule has 0 aliphatic carbocycles. The number of hydrogen-bond donors (Lipinski definition) is 1. The molecule has 4 nitrogen and oxygen atoms in total. The van der Waals surface area contributed by atoms with E-state index in [1.807, 2.05) is 25.7 Å². The molecular weight excluding hydrogens is 240 g/mol. The normalized spacial score (nSPS) is 29.1. The zero-order valence-corrected chi connectivity index (χ0v) is 12.6. The Bertz CT molecular complexity index is 317. The first-order valence-electron chi connectivity index (χ1n) is 7.63. The molecule has 0 radical (unpaired) electrons. The number of carbonyl (C=O) groups excluding carboxylic acids is 1. The van der Waals surface area contributed by atoms with Crippen LogP contribution in [0.2, 0.25) is 0 Å². The summed E-state index contributed by atoms with van der Waals surface area (Å²) in [5.41, 5.74) is -0.262. The maximum atomic E-state index is 12.3. The molecule has 1 spiro atoms. The number of ether oxygens (including phenoxy) is 1. The lowest BCUT2D eigenvalue weighted by molar-refractivity contribution is 0.0194. The first kappa shape index (κ1) is 14.6. The lowest BCUT2D eigenvalue weighted by Gasteiger charge is -2.40. The number of hydrogen-bond acceptors (Lipinski definition) is 3. The van der Waals surface area contributed by atoms with Crippen molar-refractivity contribution in [2.24, 2.45) is 0 Å². The largest absolute Gasteiger partial charge is 0.444 e. The van der Waals surface area contributed by atoms with Crippen LogP contribution in [0.1, 0.15) is 59.3 Å². The van der Waals surface area contributed by atoms with Crippen LogP contribution in [-0.4, -0.2) is 41.8 Å². The van der Waals surface area contributed by atoms with Crippen molar-refractivity contribution in [3.63, 3.8) is 0 Å². The van der Waals surface area contributed by atoms with Gasteiger partial charge in [-0.15, -0.1) is 0 Å². The molecule has 2 heterocycles. The van der Waals surface area contributed by atoms with Gasteiger partial charge in [-0.05, 0) is 59.4 Å². The monoisotopic (exact) mass is 268 g/mol. The zero-order chi connectivity index (χ0) is 13.9. The summed E-state index contributed by atoms with van der Waals surface area (Å²) in [4.78, 5) is 14.2. The van der Waals surface area contributed by atoms with Gasteiger partial charge in [-0.1, -0.05) is 6.42 Å². The van der Waals surface area contributed by atoms with Crippen LogP contribution in [0.15, 0.2) is 0 Å². The first-order chi connectivity index (χ1) is 8.90. The fourth-order valence-corrected chi connectivity index (χ4v) is 3.15. The second-order valence-corrected chi connectivity index (χ2v) is 7.02. The second-order valence-electron chi connectivity index (χ2n) is 7.02. The smallest absolute Gasteiger partial charge is 0.410 e. The number of nitrogens with zero attached hydrogens (tertiary/aromatic N) is 1. The molecule has 4 heteroatoms. The maximum Gasteiger partial charge on any atom is 0.410 e. The Morgan fingerprint density at radius 2 is 1.84 bits per heavy atom. The van der Waals surface area contributed by atoms with Crippen molar-refractivity contribution in [1.29, 1.82) is 0 Å². The summed E-state index contributed by atoms with van der Waals surface area (Å²) < 4.78 is 5.53. The van der Waals surface area contributed by atoms with Crippen LogP contribution in [0.25, 0.3) is 0 Å². The first-order valence-corrected chi connectivity index (χ1v) is 7.63. The van der Waals surface area contributed by atoms with Crippen molar-refractivity contribution in [3.05, 3.63) is 0 Å². The minimum atomic E-state index is -0.406. The number of amides is 1. The molecule has 2 saturated heterocycles. The van der Waals surface area contributed by atoms with Gasteiger partial charge in [0.1, 0.15) is 5.60 Å².